The van der Waals surface area contributed by atoms with Crippen molar-refractivity contribution >= 4 is 5.91 Å². The van der Waals surface area contributed by atoms with Gasteiger partial charge in [-0.15, -0.1) is 0 Å². The van der Waals surface area contributed by atoms with Gasteiger partial charge in [0.25, 0.3) is 0 Å². The van der Waals surface area contributed by atoms with Crippen LogP contribution in [-0.2, 0) is 4.79 Å². The fraction of sp³-hybridized carbons (Fsp3) is 0.833. The van der Waals surface area contributed by atoms with Crippen molar-refractivity contribution in [1.82, 2.24) is 4.90 Å². The van der Waals surface area contributed by atoms with Crippen LogP contribution >= 0.6 is 0 Å². The Hall–Kier alpha value is -1.08. The number of nitrogens with zero attached hydrogens (tertiary/aromatic N) is 2. The van der Waals surface area contributed by atoms with Gasteiger partial charge in [0.1, 0.15) is 5.41 Å². The molecule has 88 valence electrons. The Morgan fingerprint density at radius 2 is 2.12 bits per heavy atom. The van der Waals surface area contributed by atoms with Crippen molar-refractivity contribution in [1.29, 1.82) is 5.26 Å². The number of aliphatic hydroxyl groups is 1. The second kappa shape index (κ2) is 4.42. The Kier molecular flexibility index (Phi) is 3.15. The van der Waals surface area contributed by atoms with Crippen LogP contribution in [0.5, 0.6) is 0 Å². The number of amides is 1. The molecule has 0 spiro atoms. The molecule has 1 atom stereocenters. The minimum Gasteiger partial charge on any atom is -0.394 e. The van der Waals surface area contributed by atoms with E-state index in [9.17, 15) is 15.2 Å². The van der Waals surface area contributed by atoms with Crippen LogP contribution in [0.4, 0.5) is 0 Å². The summed E-state index contributed by atoms with van der Waals surface area (Å²) in [5.41, 5.74) is -0.780. The molecule has 16 heavy (non-hydrogen) atoms. The first-order valence-corrected chi connectivity index (χ1v) is 6.07. The van der Waals surface area contributed by atoms with Crippen LogP contribution < -0.4 is 0 Å². The summed E-state index contributed by atoms with van der Waals surface area (Å²) in [6.07, 6.45) is 5.13. The first-order chi connectivity index (χ1) is 7.73. The van der Waals surface area contributed by atoms with Crippen molar-refractivity contribution < 1.29 is 9.90 Å². The number of carbonyl (C=O) groups is 1. The number of hydrogen-bond acceptors (Lipinski definition) is 3. The molecule has 2 aliphatic rings. The van der Waals surface area contributed by atoms with E-state index in [1.54, 1.807) is 4.90 Å². The highest BCUT2D eigenvalue weighted by Gasteiger charge is 2.46. The fourth-order valence-electron chi connectivity index (χ4n) is 2.92. The third kappa shape index (κ3) is 1.69. The van der Waals surface area contributed by atoms with E-state index in [0.29, 0.717) is 19.4 Å². The third-order valence-electron chi connectivity index (χ3n) is 3.93. The molecule has 4 heteroatoms. The van der Waals surface area contributed by atoms with E-state index < -0.39 is 5.41 Å². The molecule has 4 nitrogen and oxygen atoms in total. The SMILES string of the molecule is N#CC1(C(=O)N2CCC[C@H]2CO)CCCC1. The van der Waals surface area contributed by atoms with Crippen LogP contribution in [0.1, 0.15) is 38.5 Å². The Morgan fingerprint density at radius 3 is 2.69 bits per heavy atom. The number of aliphatic hydroxyl groups excluding tert-OH is 1. The normalized spacial score (nSPS) is 28.0. The highest BCUT2D eigenvalue weighted by Crippen LogP contribution is 2.40. The predicted molar refractivity (Wildman–Crippen MR) is 58.3 cm³/mol. The predicted octanol–water partition coefficient (Wildman–Crippen LogP) is 1.05. The van der Waals surface area contributed by atoms with Crippen molar-refractivity contribution in [3.8, 4) is 6.07 Å². The summed E-state index contributed by atoms with van der Waals surface area (Å²) in [7, 11) is 0. The van der Waals surface area contributed by atoms with Gasteiger partial charge in [-0.05, 0) is 25.7 Å². The van der Waals surface area contributed by atoms with E-state index in [2.05, 4.69) is 6.07 Å². The maximum Gasteiger partial charge on any atom is 0.243 e. The summed E-state index contributed by atoms with van der Waals surface area (Å²) in [6, 6.07) is 2.17. The first-order valence-electron chi connectivity index (χ1n) is 6.07. The zero-order valence-electron chi connectivity index (χ0n) is 9.48. The molecule has 0 aromatic rings. The zero-order chi connectivity index (χ0) is 11.6. The van der Waals surface area contributed by atoms with Gasteiger partial charge in [-0.25, -0.2) is 0 Å². The van der Waals surface area contributed by atoms with E-state index in [1.165, 1.54) is 0 Å². The largest absolute Gasteiger partial charge is 0.394 e. The summed E-state index contributed by atoms with van der Waals surface area (Å²) in [5.74, 6) is -0.0379. The monoisotopic (exact) mass is 222 g/mol. The molecule has 1 saturated heterocycles. The van der Waals surface area contributed by atoms with Crippen LogP contribution in [-0.4, -0.2) is 35.1 Å². The lowest BCUT2D eigenvalue weighted by Crippen LogP contribution is -2.45. The molecule has 2 fully saturated rings. The van der Waals surface area contributed by atoms with Crippen molar-refractivity contribution in [2.24, 2.45) is 5.41 Å². The summed E-state index contributed by atoms with van der Waals surface area (Å²) in [5, 5.41) is 18.5. The van der Waals surface area contributed by atoms with Gasteiger partial charge in [0.2, 0.25) is 5.91 Å². The number of likely N-dealkylation sites (tertiary alicyclic amines) is 1. The maximum atomic E-state index is 12.4. The van der Waals surface area contributed by atoms with Crippen LogP contribution in [0.3, 0.4) is 0 Å². The van der Waals surface area contributed by atoms with Crippen molar-refractivity contribution in [2.75, 3.05) is 13.2 Å². The molecule has 1 saturated carbocycles. The quantitative estimate of drug-likeness (QED) is 0.759. The van der Waals surface area contributed by atoms with Gasteiger partial charge in [0.05, 0.1) is 18.7 Å². The lowest BCUT2D eigenvalue weighted by atomic mass is 9.86. The van der Waals surface area contributed by atoms with Crippen LogP contribution in [0.25, 0.3) is 0 Å². The van der Waals surface area contributed by atoms with Crippen LogP contribution in [0.15, 0.2) is 0 Å². The lowest BCUT2D eigenvalue weighted by molar-refractivity contribution is -0.140. The Bertz CT molecular complexity index is 315. The Labute approximate surface area is 95.9 Å². The highest BCUT2D eigenvalue weighted by molar-refractivity contribution is 5.86. The molecule has 0 bridgehead atoms. The second-order valence-electron chi connectivity index (χ2n) is 4.88. The van der Waals surface area contributed by atoms with E-state index in [4.69, 9.17) is 0 Å². The highest BCUT2D eigenvalue weighted by atomic mass is 16.3. The number of nitriles is 1. The minimum atomic E-state index is -0.780. The maximum absolute atomic E-state index is 12.4. The number of rotatable bonds is 2. The summed E-state index contributed by atoms with van der Waals surface area (Å²) in [6.45, 7) is 0.723. The average Bonchev–Trinajstić information content (AvgIpc) is 2.97. The molecule has 0 unspecified atom stereocenters. The van der Waals surface area contributed by atoms with E-state index >= 15 is 0 Å². The molecule has 1 aliphatic carbocycles. The van der Waals surface area contributed by atoms with E-state index in [-0.39, 0.29) is 18.6 Å². The van der Waals surface area contributed by atoms with Gasteiger partial charge in [0, 0.05) is 6.54 Å². The molecule has 1 aliphatic heterocycles. The van der Waals surface area contributed by atoms with Gasteiger partial charge < -0.3 is 10.0 Å². The summed E-state index contributed by atoms with van der Waals surface area (Å²) < 4.78 is 0. The van der Waals surface area contributed by atoms with Crippen molar-refractivity contribution in [3.63, 3.8) is 0 Å². The molecule has 0 aromatic carbocycles. The Morgan fingerprint density at radius 1 is 1.44 bits per heavy atom. The molecule has 0 aromatic heterocycles. The van der Waals surface area contributed by atoms with Crippen LogP contribution in [0, 0.1) is 16.7 Å². The first kappa shape index (κ1) is 11.4. The zero-order valence-corrected chi connectivity index (χ0v) is 9.48. The van der Waals surface area contributed by atoms with Gasteiger partial charge in [0.15, 0.2) is 0 Å². The van der Waals surface area contributed by atoms with Crippen molar-refractivity contribution in [2.45, 2.75) is 44.6 Å². The van der Waals surface area contributed by atoms with Gasteiger partial charge in [-0.1, -0.05) is 12.8 Å². The minimum absolute atomic E-state index is 0.0211. The summed E-state index contributed by atoms with van der Waals surface area (Å²) >= 11 is 0. The molecular formula is C12H18N2O2. The van der Waals surface area contributed by atoms with Gasteiger partial charge >= 0.3 is 0 Å². The fourth-order valence-corrected chi connectivity index (χ4v) is 2.92. The van der Waals surface area contributed by atoms with Crippen LogP contribution in [0.2, 0.25) is 0 Å². The molecule has 1 N–H and O–H groups in total. The van der Waals surface area contributed by atoms with Gasteiger partial charge in [-0.2, -0.15) is 5.26 Å². The molecule has 1 heterocycles. The number of hydrogen-bond donors (Lipinski definition) is 1. The average molecular weight is 222 g/mol. The molecular weight excluding hydrogens is 204 g/mol. The summed E-state index contributed by atoms with van der Waals surface area (Å²) in [4.78, 5) is 14.1. The second-order valence-corrected chi connectivity index (χ2v) is 4.88. The smallest absolute Gasteiger partial charge is 0.243 e. The topological polar surface area (TPSA) is 64.3 Å². The molecule has 2 rings (SSSR count). The van der Waals surface area contributed by atoms with Crippen molar-refractivity contribution in [3.05, 3.63) is 0 Å². The lowest BCUT2D eigenvalue weighted by Gasteiger charge is -2.30. The standard InChI is InChI=1S/C12H18N2O2/c13-9-12(5-1-2-6-12)11(16)14-7-3-4-10(14)8-15/h10,15H,1-8H2/t10-/m0/s1. The third-order valence-corrected chi connectivity index (χ3v) is 3.93. The van der Waals surface area contributed by atoms with Gasteiger partial charge in [-0.3, -0.25) is 4.79 Å². The molecule has 0 radical (unpaired) electrons. The Balaban J connectivity index is 2.14. The van der Waals surface area contributed by atoms with E-state index in [1.807, 2.05) is 0 Å². The number of carbonyl (C=O) groups excluding carboxylic acids is 1. The molecule has 1 amide bonds. The van der Waals surface area contributed by atoms with E-state index in [0.717, 1.165) is 25.7 Å².